The highest BCUT2D eigenvalue weighted by molar-refractivity contribution is 5.93. The van der Waals surface area contributed by atoms with Gasteiger partial charge in [-0.1, -0.05) is 36.4 Å². The Bertz CT molecular complexity index is 613. The van der Waals surface area contributed by atoms with Gasteiger partial charge in [-0.2, -0.15) is 0 Å². The van der Waals surface area contributed by atoms with Gasteiger partial charge in [0.1, 0.15) is 5.82 Å². The van der Waals surface area contributed by atoms with Crippen molar-refractivity contribution in [3.63, 3.8) is 0 Å². The van der Waals surface area contributed by atoms with Crippen molar-refractivity contribution in [2.24, 2.45) is 11.7 Å². The summed E-state index contributed by atoms with van der Waals surface area (Å²) in [4.78, 5) is 12.2. The SMILES string of the molecule is Cc1ccc(NC(=O)C(CN)Cc2ccccc2)c(F)c1. The van der Waals surface area contributed by atoms with E-state index in [2.05, 4.69) is 5.32 Å². The van der Waals surface area contributed by atoms with Crippen molar-refractivity contribution < 1.29 is 9.18 Å². The molecule has 0 fully saturated rings. The molecule has 0 aliphatic carbocycles. The molecule has 0 bridgehead atoms. The van der Waals surface area contributed by atoms with Gasteiger partial charge in [0.05, 0.1) is 11.6 Å². The first-order valence-corrected chi connectivity index (χ1v) is 6.91. The molecule has 3 nitrogen and oxygen atoms in total. The third-order valence-corrected chi connectivity index (χ3v) is 3.36. The second-order valence-electron chi connectivity index (χ2n) is 5.09. The summed E-state index contributed by atoms with van der Waals surface area (Å²) in [7, 11) is 0. The maximum Gasteiger partial charge on any atom is 0.229 e. The number of hydrogen-bond donors (Lipinski definition) is 2. The first kappa shape index (κ1) is 15.2. The van der Waals surface area contributed by atoms with Crippen LogP contribution in [0.15, 0.2) is 48.5 Å². The topological polar surface area (TPSA) is 55.1 Å². The molecule has 4 heteroatoms. The van der Waals surface area contributed by atoms with Crippen molar-refractivity contribution in [1.82, 2.24) is 0 Å². The number of rotatable bonds is 5. The smallest absolute Gasteiger partial charge is 0.229 e. The number of anilines is 1. The molecular formula is C17H19FN2O. The van der Waals surface area contributed by atoms with Gasteiger partial charge in [0.25, 0.3) is 0 Å². The summed E-state index contributed by atoms with van der Waals surface area (Å²) in [5.41, 5.74) is 7.72. The highest BCUT2D eigenvalue weighted by atomic mass is 19.1. The lowest BCUT2D eigenvalue weighted by molar-refractivity contribution is -0.119. The zero-order chi connectivity index (χ0) is 15.2. The minimum Gasteiger partial charge on any atom is -0.330 e. The van der Waals surface area contributed by atoms with Crippen molar-refractivity contribution in [2.75, 3.05) is 11.9 Å². The summed E-state index contributed by atoms with van der Waals surface area (Å²) in [6.07, 6.45) is 0.538. The number of nitrogens with one attached hydrogen (secondary N) is 1. The van der Waals surface area contributed by atoms with Crippen LogP contribution in [0.3, 0.4) is 0 Å². The fourth-order valence-corrected chi connectivity index (χ4v) is 2.14. The van der Waals surface area contributed by atoms with Gasteiger partial charge in [0.2, 0.25) is 5.91 Å². The van der Waals surface area contributed by atoms with Crippen molar-refractivity contribution in [3.05, 3.63) is 65.5 Å². The van der Waals surface area contributed by atoms with E-state index in [0.29, 0.717) is 6.42 Å². The van der Waals surface area contributed by atoms with Crippen molar-refractivity contribution in [2.45, 2.75) is 13.3 Å². The Morgan fingerprint density at radius 3 is 2.57 bits per heavy atom. The van der Waals surface area contributed by atoms with Crippen LogP contribution in [0, 0.1) is 18.7 Å². The summed E-state index contributed by atoms with van der Waals surface area (Å²) in [6, 6.07) is 14.4. The summed E-state index contributed by atoms with van der Waals surface area (Å²) in [5.74, 6) is -1.07. The molecule has 2 rings (SSSR count). The number of amides is 1. The minimum absolute atomic E-state index is 0.192. The molecule has 2 aromatic rings. The largest absolute Gasteiger partial charge is 0.330 e. The monoisotopic (exact) mass is 286 g/mol. The van der Waals surface area contributed by atoms with Crippen LogP contribution in [0.4, 0.5) is 10.1 Å². The van der Waals surface area contributed by atoms with E-state index in [1.165, 1.54) is 6.07 Å². The summed E-state index contributed by atoms with van der Waals surface area (Å²) < 4.78 is 13.8. The van der Waals surface area contributed by atoms with Crippen LogP contribution < -0.4 is 11.1 Å². The summed E-state index contributed by atoms with van der Waals surface area (Å²) in [6.45, 7) is 2.01. The summed E-state index contributed by atoms with van der Waals surface area (Å²) >= 11 is 0. The third-order valence-electron chi connectivity index (χ3n) is 3.36. The molecule has 0 aliphatic heterocycles. The zero-order valence-corrected chi connectivity index (χ0v) is 12.0. The third kappa shape index (κ3) is 4.13. The molecule has 0 radical (unpaired) electrons. The molecular weight excluding hydrogens is 267 g/mol. The van der Waals surface area contributed by atoms with Crippen LogP contribution in [0.25, 0.3) is 0 Å². The maximum atomic E-state index is 13.8. The van der Waals surface area contributed by atoms with Crippen LogP contribution >= 0.6 is 0 Å². The molecule has 0 heterocycles. The molecule has 0 saturated carbocycles. The molecule has 0 aliphatic rings. The summed E-state index contributed by atoms with van der Waals surface area (Å²) in [5, 5.41) is 2.61. The first-order chi connectivity index (χ1) is 10.1. The van der Waals surface area contributed by atoms with E-state index in [4.69, 9.17) is 5.73 Å². The molecule has 1 amide bonds. The van der Waals surface area contributed by atoms with Crippen LogP contribution in [0.2, 0.25) is 0 Å². The van der Waals surface area contributed by atoms with Gasteiger partial charge in [-0.3, -0.25) is 4.79 Å². The second-order valence-corrected chi connectivity index (χ2v) is 5.09. The second kappa shape index (κ2) is 6.99. The molecule has 2 aromatic carbocycles. The quantitative estimate of drug-likeness (QED) is 0.888. The van der Waals surface area contributed by atoms with Gasteiger partial charge in [0, 0.05) is 6.54 Å². The average molecular weight is 286 g/mol. The highest BCUT2D eigenvalue weighted by Gasteiger charge is 2.18. The molecule has 21 heavy (non-hydrogen) atoms. The molecule has 1 atom stereocenters. The van der Waals surface area contributed by atoms with E-state index in [9.17, 15) is 9.18 Å². The molecule has 0 spiro atoms. The fraction of sp³-hybridized carbons (Fsp3) is 0.235. The lowest BCUT2D eigenvalue weighted by Crippen LogP contribution is -2.31. The van der Waals surface area contributed by atoms with E-state index >= 15 is 0 Å². The Labute approximate surface area is 124 Å². The number of carbonyl (C=O) groups is 1. The maximum absolute atomic E-state index is 13.8. The predicted octanol–water partition coefficient (Wildman–Crippen LogP) is 2.89. The Hall–Kier alpha value is -2.20. The number of halogens is 1. The standard InChI is InChI=1S/C17H19FN2O/c1-12-7-8-16(15(18)9-12)20-17(21)14(11-19)10-13-5-3-2-4-6-13/h2-9,14H,10-11,19H2,1H3,(H,20,21). The number of benzene rings is 2. The molecule has 0 saturated heterocycles. The van der Waals surface area contributed by atoms with Crippen LogP contribution in [0.1, 0.15) is 11.1 Å². The van der Waals surface area contributed by atoms with Gasteiger partial charge < -0.3 is 11.1 Å². The van der Waals surface area contributed by atoms with Crippen molar-refractivity contribution >= 4 is 11.6 Å². The number of nitrogens with two attached hydrogens (primary N) is 1. The lowest BCUT2D eigenvalue weighted by atomic mass is 9.98. The van der Waals surface area contributed by atoms with Crippen LogP contribution in [-0.2, 0) is 11.2 Å². The van der Waals surface area contributed by atoms with E-state index in [1.54, 1.807) is 19.1 Å². The van der Waals surface area contributed by atoms with Crippen LogP contribution in [0.5, 0.6) is 0 Å². The molecule has 1 unspecified atom stereocenters. The van der Waals surface area contributed by atoms with E-state index < -0.39 is 5.82 Å². The fourth-order valence-electron chi connectivity index (χ4n) is 2.14. The number of hydrogen-bond acceptors (Lipinski definition) is 2. The van der Waals surface area contributed by atoms with Gasteiger partial charge in [-0.15, -0.1) is 0 Å². The normalized spacial score (nSPS) is 12.0. The lowest BCUT2D eigenvalue weighted by Gasteiger charge is -2.15. The Balaban J connectivity index is 2.06. The van der Waals surface area contributed by atoms with E-state index in [1.807, 2.05) is 30.3 Å². The Kier molecular flexibility index (Phi) is 5.06. The van der Waals surface area contributed by atoms with Gasteiger partial charge >= 0.3 is 0 Å². The van der Waals surface area contributed by atoms with Gasteiger partial charge in [0.15, 0.2) is 0 Å². The number of carbonyl (C=O) groups excluding carboxylic acids is 1. The zero-order valence-electron chi connectivity index (χ0n) is 12.0. The van der Waals surface area contributed by atoms with E-state index in [0.717, 1.165) is 11.1 Å². The Morgan fingerprint density at radius 2 is 1.95 bits per heavy atom. The molecule has 110 valence electrons. The van der Waals surface area contributed by atoms with Crippen molar-refractivity contribution in [1.29, 1.82) is 0 Å². The Morgan fingerprint density at radius 1 is 1.24 bits per heavy atom. The van der Waals surface area contributed by atoms with Crippen molar-refractivity contribution in [3.8, 4) is 0 Å². The van der Waals surface area contributed by atoms with Crippen LogP contribution in [-0.4, -0.2) is 12.5 Å². The molecule has 3 N–H and O–H groups in total. The molecule has 0 aromatic heterocycles. The minimum atomic E-state index is -0.432. The number of aryl methyl sites for hydroxylation is 1. The first-order valence-electron chi connectivity index (χ1n) is 6.91. The average Bonchev–Trinajstić information content (AvgIpc) is 2.48. The highest BCUT2D eigenvalue weighted by Crippen LogP contribution is 2.17. The predicted molar refractivity (Wildman–Crippen MR) is 82.5 cm³/mol. The van der Waals surface area contributed by atoms with E-state index in [-0.39, 0.29) is 24.1 Å². The van der Waals surface area contributed by atoms with Gasteiger partial charge in [-0.05, 0) is 36.6 Å². The van der Waals surface area contributed by atoms with Gasteiger partial charge in [-0.25, -0.2) is 4.39 Å².